The minimum Gasteiger partial charge on any atom is -0.411 e. The quantitative estimate of drug-likeness (QED) is 0.363. The van der Waals surface area contributed by atoms with Gasteiger partial charge in [-0.2, -0.15) is 0 Å². The zero-order chi connectivity index (χ0) is 24.8. The highest BCUT2D eigenvalue weighted by atomic mass is 28.4. The van der Waals surface area contributed by atoms with Gasteiger partial charge >= 0.3 is 0 Å². The lowest BCUT2D eigenvalue weighted by Gasteiger charge is -2.50. The van der Waals surface area contributed by atoms with Crippen LogP contribution in [0.4, 0.5) is 0 Å². The Morgan fingerprint density at radius 1 is 0.581 bits per heavy atom. The van der Waals surface area contributed by atoms with Gasteiger partial charge in [-0.25, -0.2) is 0 Å². The first-order valence-electron chi connectivity index (χ1n) is 12.0. The molecular weight excluding hydrogens is 437 g/mol. The molecule has 0 bridgehead atoms. The van der Waals surface area contributed by atoms with Gasteiger partial charge in [0.15, 0.2) is 25.0 Å². The second-order valence-electron chi connectivity index (χ2n) is 14.1. The molecule has 0 aromatic rings. The highest BCUT2D eigenvalue weighted by Crippen LogP contribution is 2.45. The molecule has 1 aliphatic carbocycles. The van der Waals surface area contributed by atoms with Crippen LogP contribution < -0.4 is 0 Å². The molecule has 0 aliphatic heterocycles. The molecule has 0 spiro atoms. The minimum absolute atomic E-state index is 0.0742. The smallest absolute Gasteiger partial charge is 0.192 e. The lowest BCUT2D eigenvalue weighted by molar-refractivity contribution is -0.135. The molecule has 1 unspecified atom stereocenters. The zero-order valence-electron chi connectivity index (χ0n) is 23.3. The highest BCUT2D eigenvalue weighted by molar-refractivity contribution is 6.75. The highest BCUT2D eigenvalue weighted by Gasteiger charge is 2.51. The molecule has 1 fully saturated rings. The van der Waals surface area contributed by atoms with E-state index < -0.39 is 25.0 Å². The SMILES string of the molecule is CC(C)(C)[Si](C)(C)OC1[C@@H](O[Si](C)(C)C(C)(C)C)CC(=O)C[C@H]1O[Si](C)(C)C(C)(C)C. The fourth-order valence-electron chi connectivity index (χ4n) is 3.00. The number of carbonyl (C=O) groups is 1. The molecule has 0 aromatic heterocycles. The summed E-state index contributed by atoms with van der Waals surface area (Å²) in [5.74, 6) is 0.238. The molecule has 0 saturated heterocycles. The van der Waals surface area contributed by atoms with Gasteiger partial charge in [-0.15, -0.1) is 0 Å². The summed E-state index contributed by atoms with van der Waals surface area (Å²) in [7, 11) is -6.22. The van der Waals surface area contributed by atoms with Crippen LogP contribution in [0.3, 0.4) is 0 Å². The topological polar surface area (TPSA) is 44.8 Å². The number of hydrogen-bond acceptors (Lipinski definition) is 4. The molecule has 0 heterocycles. The predicted octanol–water partition coefficient (Wildman–Crippen LogP) is 7.52. The number of Topliss-reactive ketones (excluding diaryl/α,β-unsaturated/α-hetero) is 1. The molecule has 31 heavy (non-hydrogen) atoms. The number of carbonyl (C=O) groups excluding carboxylic acids is 1. The van der Waals surface area contributed by atoms with E-state index in [0.717, 1.165) is 0 Å². The molecule has 1 rings (SSSR count). The monoisotopic (exact) mass is 488 g/mol. The normalized spacial score (nSPS) is 25.1. The number of hydrogen-bond donors (Lipinski definition) is 0. The molecule has 184 valence electrons. The summed E-state index contributed by atoms with van der Waals surface area (Å²) >= 11 is 0. The summed E-state index contributed by atoms with van der Waals surface area (Å²) < 4.78 is 20.7. The van der Waals surface area contributed by atoms with Crippen LogP contribution in [0.15, 0.2) is 0 Å². The Morgan fingerprint density at radius 2 is 0.839 bits per heavy atom. The van der Waals surface area contributed by atoms with Gasteiger partial charge in [0.2, 0.25) is 0 Å². The third kappa shape index (κ3) is 7.09. The summed E-state index contributed by atoms with van der Waals surface area (Å²) in [6.07, 6.45) is 0.214. The standard InChI is InChI=1S/C24H52O4Si3/c1-22(2,3)29(10,11)26-19-16-18(25)17-20(27-30(12,13)23(4,5)6)21(19)28-31(14,15)24(7,8)9/h19-21H,16-17H2,1-15H3/t19-,20+,21?. The second-order valence-corrected chi connectivity index (χ2v) is 28.4. The van der Waals surface area contributed by atoms with E-state index in [-0.39, 0.29) is 39.2 Å². The van der Waals surface area contributed by atoms with E-state index in [1.807, 2.05) is 0 Å². The van der Waals surface area contributed by atoms with Crippen molar-refractivity contribution in [2.45, 2.75) is 148 Å². The first kappa shape index (κ1) is 29.2. The van der Waals surface area contributed by atoms with Gasteiger partial charge < -0.3 is 13.3 Å². The Bertz CT molecular complexity index is 597. The predicted molar refractivity (Wildman–Crippen MR) is 140 cm³/mol. The van der Waals surface area contributed by atoms with Crippen LogP contribution in [-0.2, 0) is 18.1 Å². The van der Waals surface area contributed by atoms with Crippen molar-refractivity contribution in [3.8, 4) is 0 Å². The van der Waals surface area contributed by atoms with Crippen molar-refractivity contribution in [1.29, 1.82) is 0 Å². The van der Waals surface area contributed by atoms with Crippen molar-refractivity contribution in [3.05, 3.63) is 0 Å². The largest absolute Gasteiger partial charge is 0.411 e. The molecule has 0 amide bonds. The van der Waals surface area contributed by atoms with Crippen molar-refractivity contribution in [1.82, 2.24) is 0 Å². The molecule has 4 nitrogen and oxygen atoms in total. The average Bonchev–Trinajstić information content (AvgIpc) is 2.46. The van der Waals surface area contributed by atoms with Gasteiger partial charge in [-0.05, 0) is 54.4 Å². The maximum atomic E-state index is 12.9. The van der Waals surface area contributed by atoms with Crippen LogP contribution in [-0.4, -0.2) is 49.0 Å². The zero-order valence-corrected chi connectivity index (χ0v) is 26.3. The molecule has 3 atom stereocenters. The van der Waals surface area contributed by atoms with Crippen molar-refractivity contribution in [3.63, 3.8) is 0 Å². The lowest BCUT2D eigenvalue weighted by Crippen LogP contribution is -2.60. The van der Waals surface area contributed by atoms with Crippen molar-refractivity contribution in [2.75, 3.05) is 0 Å². The van der Waals surface area contributed by atoms with E-state index in [0.29, 0.717) is 12.8 Å². The molecule has 0 N–H and O–H groups in total. The molecule has 7 heteroatoms. The van der Waals surface area contributed by atoms with Crippen LogP contribution in [0, 0.1) is 0 Å². The number of rotatable bonds is 6. The van der Waals surface area contributed by atoms with Crippen molar-refractivity contribution < 1.29 is 18.1 Å². The fourth-order valence-corrected chi connectivity index (χ4v) is 6.99. The van der Waals surface area contributed by atoms with Gasteiger partial charge in [0.05, 0.1) is 18.3 Å². The first-order valence-corrected chi connectivity index (χ1v) is 20.7. The van der Waals surface area contributed by atoms with Gasteiger partial charge in [0.25, 0.3) is 0 Å². The Hall–Kier alpha value is 0.201. The van der Waals surface area contributed by atoms with E-state index in [1.54, 1.807) is 0 Å². The Labute approximate surface area is 196 Å². The number of ketones is 1. The maximum absolute atomic E-state index is 12.9. The maximum Gasteiger partial charge on any atom is 0.192 e. The van der Waals surface area contributed by atoms with Gasteiger partial charge in [-0.1, -0.05) is 62.3 Å². The third-order valence-corrected chi connectivity index (χ3v) is 21.8. The molecule has 0 radical (unpaired) electrons. The summed E-state index contributed by atoms with van der Waals surface area (Å²) in [5, 5.41) is 0.229. The van der Waals surface area contributed by atoms with E-state index in [9.17, 15) is 4.79 Å². The molecule has 1 saturated carbocycles. The Kier molecular flexibility index (Phi) is 8.58. The van der Waals surface area contributed by atoms with E-state index in [2.05, 4.69) is 102 Å². The summed E-state index contributed by atoms with van der Waals surface area (Å²) in [6, 6.07) is 0. The minimum atomic E-state index is -2.08. The summed E-state index contributed by atoms with van der Waals surface area (Å²) in [5.41, 5.74) is 0. The van der Waals surface area contributed by atoms with Crippen LogP contribution in [0.1, 0.15) is 75.2 Å². The third-order valence-electron chi connectivity index (χ3n) is 8.33. The Balaban J connectivity index is 3.41. The van der Waals surface area contributed by atoms with Crippen LogP contribution in [0.5, 0.6) is 0 Å². The second kappa shape index (κ2) is 9.10. The summed E-state index contributed by atoms with van der Waals surface area (Å²) in [6.45, 7) is 33.9. The van der Waals surface area contributed by atoms with E-state index in [1.165, 1.54) is 0 Å². The van der Waals surface area contributed by atoms with Crippen LogP contribution in [0.25, 0.3) is 0 Å². The lowest BCUT2D eigenvalue weighted by atomic mass is 9.91. The van der Waals surface area contributed by atoms with Gasteiger partial charge in [0, 0.05) is 12.8 Å². The van der Waals surface area contributed by atoms with Crippen molar-refractivity contribution >= 4 is 30.7 Å². The molecule has 0 aromatic carbocycles. The van der Waals surface area contributed by atoms with Gasteiger partial charge in [-0.3, -0.25) is 4.79 Å². The summed E-state index contributed by atoms with van der Waals surface area (Å²) in [4.78, 5) is 12.9. The molecular formula is C24H52O4Si3. The Morgan fingerprint density at radius 3 is 1.10 bits per heavy atom. The fraction of sp³-hybridized carbons (Fsp3) is 0.958. The van der Waals surface area contributed by atoms with Crippen molar-refractivity contribution in [2.24, 2.45) is 0 Å². The van der Waals surface area contributed by atoms with E-state index >= 15 is 0 Å². The average molecular weight is 489 g/mol. The van der Waals surface area contributed by atoms with Crippen LogP contribution in [0.2, 0.25) is 54.4 Å². The first-order chi connectivity index (χ1) is 13.4. The van der Waals surface area contributed by atoms with Crippen LogP contribution >= 0.6 is 0 Å². The van der Waals surface area contributed by atoms with Gasteiger partial charge in [0.1, 0.15) is 5.78 Å². The molecule has 1 aliphatic rings. The van der Waals surface area contributed by atoms with E-state index in [4.69, 9.17) is 13.3 Å².